The molecule has 0 radical (unpaired) electrons. The van der Waals surface area contributed by atoms with E-state index in [1.54, 1.807) is 0 Å². The molecule has 142 valence electrons. The van der Waals surface area contributed by atoms with Gasteiger partial charge in [-0.15, -0.1) is 0 Å². The summed E-state index contributed by atoms with van der Waals surface area (Å²) in [6, 6.07) is 14.6. The zero-order valence-corrected chi connectivity index (χ0v) is 16.8. The Kier molecular flexibility index (Phi) is 5.99. The Labute approximate surface area is 167 Å². The van der Waals surface area contributed by atoms with E-state index in [1.165, 1.54) is 5.69 Å². The van der Waals surface area contributed by atoms with E-state index in [0.717, 1.165) is 46.8 Å². The number of hydrogen-bond acceptors (Lipinski definition) is 4. The van der Waals surface area contributed by atoms with Crippen LogP contribution in [-0.2, 0) is 0 Å². The van der Waals surface area contributed by atoms with Crippen LogP contribution in [-0.4, -0.2) is 32.2 Å². The van der Waals surface area contributed by atoms with E-state index >= 15 is 0 Å². The molecule has 2 aromatic rings. The molecule has 0 atom stereocenters. The van der Waals surface area contributed by atoms with Crippen LogP contribution in [0, 0.1) is 6.92 Å². The number of anilines is 1. The van der Waals surface area contributed by atoms with Crippen molar-refractivity contribution in [3.63, 3.8) is 0 Å². The average molecular weight is 371 g/mol. The topological polar surface area (TPSA) is 40.3 Å². The minimum atomic E-state index is 0.530. The van der Waals surface area contributed by atoms with Crippen molar-refractivity contribution in [1.29, 1.82) is 0 Å². The number of hydrogen-bond donors (Lipinski definition) is 0. The largest absolute Gasteiger partial charge is 0.372 e. The Morgan fingerprint density at radius 1 is 0.929 bits per heavy atom. The van der Waals surface area contributed by atoms with Crippen LogP contribution < -0.4 is 4.90 Å². The summed E-state index contributed by atoms with van der Waals surface area (Å²) in [5.41, 5.74) is 7.29. The molecular weight excluding hydrogens is 344 g/mol. The fourth-order valence-corrected chi connectivity index (χ4v) is 3.48. The van der Waals surface area contributed by atoms with E-state index in [4.69, 9.17) is 4.99 Å². The minimum Gasteiger partial charge on any atom is -0.372 e. The van der Waals surface area contributed by atoms with Gasteiger partial charge in [0.1, 0.15) is 0 Å². The molecule has 4 nitrogen and oxygen atoms in total. The first-order valence-corrected chi connectivity index (χ1v) is 9.52. The fraction of sp³-hybridized carbons (Fsp3) is 0.208. The summed E-state index contributed by atoms with van der Waals surface area (Å²) >= 11 is 0. The maximum Gasteiger partial charge on any atom is 0.158 e. The Morgan fingerprint density at radius 2 is 1.61 bits per heavy atom. The Hall–Kier alpha value is -3.27. The summed E-state index contributed by atoms with van der Waals surface area (Å²) in [7, 11) is 0. The van der Waals surface area contributed by atoms with Gasteiger partial charge in [-0.05, 0) is 75.7 Å². The number of benzene rings is 2. The third-order valence-electron chi connectivity index (χ3n) is 4.99. The monoisotopic (exact) mass is 370 g/mol. The molecule has 0 aromatic heterocycles. The molecule has 3 rings (SSSR count). The average Bonchev–Trinajstić information content (AvgIpc) is 2.73. The summed E-state index contributed by atoms with van der Waals surface area (Å²) in [6.07, 6.45) is 3.99. The van der Waals surface area contributed by atoms with Gasteiger partial charge in [0.25, 0.3) is 0 Å². The SMILES string of the molecule is C=NC(N=C)=C1C=CC(=Nc2ccc(N(CC)CC)cc2C)c2ccccc21. The normalized spacial score (nSPS) is 14.0. The van der Waals surface area contributed by atoms with Crippen molar-refractivity contribution < 1.29 is 0 Å². The van der Waals surface area contributed by atoms with Gasteiger partial charge in [0.2, 0.25) is 0 Å². The lowest BCUT2D eigenvalue weighted by atomic mass is 9.91. The van der Waals surface area contributed by atoms with Crippen molar-refractivity contribution >= 4 is 36.1 Å². The lowest BCUT2D eigenvalue weighted by molar-refractivity contribution is 0.865. The highest BCUT2D eigenvalue weighted by molar-refractivity contribution is 6.16. The van der Waals surface area contributed by atoms with Gasteiger partial charge in [0.05, 0.1) is 11.4 Å². The van der Waals surface area contributed by atoms with Gasteiger partial charge in [0, 0.05) is 29.9 Å². The van der Waals surface area contributed by atoms with Crippen molar-refractivity contribution in [3.05, 3.63) is 77.1 Å². The van der Waals surface area contributed by atoms with Crippen LogP contribution in [0.3, 0.4) is 0 Å². The van der Waals surface area contributed by atoms with Crippen LogP contribution in [0.15, 0.2) is 75.4 Å². The number of nitrogens with zero attached hydrogens (tertiary/aromatic N) is 4. The molecule has 0 unspecified atom stereocenters. The van der Waals surface area contributed by atoms with Crippen LogP contribution in [0.5, 0.6) is 0 Å². The van der Waals surface area contributed by atoms with Crippen molar-refractivity contribution in [3.8, 4) is 0 Å². The molecule has 0 saturated carbocycles. The molecule has 0 aliphatic heterocycles. The van der Waals surface area contributed by atoms with Crippen LogP contribution in [0.2, 0.25) is 0 Å². The first-order chi connectivity index (χ1) is 13.6. The van der Waals surface area contributed by atoms with E-state index in [0.29, 0.717) is 5.82 Å². The van der Waals surface area contributed by atoms with Gasteiger partial charge in [-0.25, -0.2) is 15.0 Å². The van der Waals surface area contributed by atoms with Crippen molar-refractivity contribution in [1.82, 2.24) is 0 Å². The molecule has 0 saturated heterocycles. The molecule has 1 aliphatic carbocycles. The minimum absolute atomic E-state index is 0.530. The predicted molar refractivity (Wildman–Crippen MR) is 123 cm³/mol. The Balaban J connectivity index is 2.07. The van der Waals surface area contributed by atoms with Crippen molar-refractivity contribution in [2.45, 2.75) is 20.8 Å². The van der Waals surface area contributed by atoms with E-state index in [-0.39, 0.29) is 0 Å². The van der Waals surface area contributed by atoms with Crippen molar-refractivity contribution in [2.75, 3.05) is 18.0 Å². The molecule has 0 heterocycles. The number of allylic oxidation sites excluding steroid dienone is 3. The van der Waals surface area contributed by atoms with Gasteiger partial charge < -0.3 is 4.90 Å². The molecule has 4 heteroatoms. The van der Waals surface area contributed by atoms with E-state index in [9.17, 15) is 0 Å². The number of fused-ring (bicyclic) bond motifs is 1. The second-order valence-corrected chi connectivity index (χ2v) is 6.57. The summed E-state index contributed by atoms with van der Waals surface area (Å²) in [4.78, 5) is 15.3. The first-order valence-electron chi connectivity index (χ1n) is 9.52. The zero-order valence-electron chi connectivity index (χ0n) is 16.8. The fourth-order valence-electron chi connectivity index (χ4n) is 3.48. The standard InChI is InChI=1S/C24H26N4/c1-6-28(7-2)18-12-14-22(17(3)16-18)27-23-15-13-21(24(25-4)26-5)19-10-8-9-11-20(19)23/h8-16H,4-7H2,1-3H3. The third kappa shape index (κ3) is 3.72. The Morgan fingerprint density at radius 3 is 2.21 bits per heavy atom. The van der Waals surface area contributed by atoms with Gasteiger partial charge in [-0.3, -0.25) is 0 Å². The van der Waals surface area contributed by atoms with Gasteiger partial charge in [-0.1, -0.05) is 24.3 Å². The van der Waals surface area contributed by atoms with Crippen LogP contribution >= 0.6 is 0 Å². The van der Waals surface area contributed by atoms with E-state index in [2.05, 4.69) is 79.4 Å². The molecule has 0 spiro atoms. The second kappa shape index (κ2) is 8.61. The Bertz CT molecular complexity index is 981. The lowest BCUT2D eigenvalue weighted by Gasteiger charge is -2.22. The molecule has 0 amide bonds. The number of aliphatic imine (C=N–C) groups is 3. The molecule has 0 N–H and O–H groups in total. The predicted octanol–water partition coefficient (Wildman–Crippen LogP) is 5.60. The first kappa shape index (κ1) is 19.5. The molecular formula is C24H26N4. The molecule has 0 fully saturated rings. The van der Waals surface area contributed by atoms with Crippen molar-refractivity contribution in [2.24, 2.45) is 15.0 Å². The highest BCUT2D eigenvalue weighted by Gasteiger charge is 2.17. The summed E-state index contributed by atoms with van der Waals surface area (Å²) in [5, 5.41) is 0. The number of rotatable bonds is 6. The second-order valence-electron chi connectivity index (χ2n) is 6.57. The highest BCUT2D eigenvalue weighted by atomic mass is 15.1. The quantitative estimate of drug-likeness (QED) is 0.610. The van der Waals surface area contributed by atoms with Crippen LogP contribution in [0.4, 0.5) is 11.4 Å². The highest BCUT2D eigenvalue weighted by Crippen LogP contribution is 2.32. The number of aryl methyl sites for hydroxylation is 1. The summed E-state index contributed by atoms with van der Waals surface area (Å²) in [5.74, 6) is 0.530. The maximum atomic E-state index is 4.95. The zero-order chi connectivity index (χ0) is 20.1. The lowest BCUT2D eigenvalue weighted by Crippen LogP contribution is -2.21. The van der Waals surface area contributed by atoms with E-state index < -0.39 is 0 Å². The summed E-state index contributed by atoms with van der Waals surface area (Å²) < 4.78 is 0. The van der Waals surface area contributed by atoms with Gasteiger partial charge in [-0.2, -0.15) is 0 Å². The maximum absolute atomic E-state index is 4.95. The van der Waals surface area contributed by atoms with Crippen LogP contribution in [0.25, 0.3) is 5.57 Å². The van der Waals surface area contributed by atoms with Gasteiger partial charge in [0.15, 0.2) is 5.82 Å². The third-order valence-corrected chi connectivity index (χ3v) is 4.99. The smallest absolute Gasteiger partial charge is 0.158 e. The van der Waals surface area contributed by atoms with Gasteiger partial charge >= 0.3 is 0 Å². The van der Waals surface area contributed by atoms with E-state index in [1.807, 2.05) is 24.3 Å². The van der Waals surface area contributed by atoms with Crippen LogP contribution in [0.1, 0.15) is 30.5 Å². The molecule has 0 bridgehead atoms. The summed E-state index contributed by atoms with van der Waals surface area (Å²) in [6.45, 7) is 15.6. The molecule has 28 heavy (non-hydrogen) atoms. The molecule has 1 aliphatic rings. The molecule has 2 aromatic carbocycles.